The molecule has 2 rings (SSSR count). The van der Waals surface area contributed by atoms with Crippen LogP contribution in [0, 0.1) is 5.92 Å². The fourth-order valence-electron chi connectivity index (χ4n) is 2.70. The smallest absolute Gasteiger partial charge is 0.237 e. The first-order valence-electron chi connectivity index (χ1n) is 5.75. The van der Waals surface area contributed by atoms with E-state index in [-0.39, 0.29) is 17.1 Å². The van der Waals surface area contributed by atoms with E-state index in [4.69, 9.17) is 0 Å². The lowest BCUT2D eigenvalue weighted by molar-refractivity contribution is -0.130. The Labute approximate surface area is 100 Å². The molecule has 1 aliphatic carbocycles. The van der Waals surface area contributed by atoms with E-state index in [2.05, 4.69) is 0 Å². The molecular formula is C11H19NO3S. The number of amides is 1. The van der Waals surface area contributed by atoms with Crippen LogP contribution in [-0.4, -0.2) is 57.8 Å². The lowest BCUT2D eigenvalue weighted by Gasteiger charge is -2.31. The minimum absolute atomic E-state index is 0.0425. The lowest BCUT2D eigenvalue weighted by atomic mass is 9.81. The molecular weight excluding hydrogens is 226 g/mol. The molecule has 2 fully saturated rings. The van der Waals surface area contributed by atoms with E-state index in [0.29, 0.717) is 0 Å². The quantitative estimate of drug-likeness (QED) is 0.687. The molecule has 92 valence electrons. The number of aliphatic hydroxyl groups excluding tert-OH is 2. The molecule has 1 amide bonds. The van der Waals surface area contributed by atoms with Gasteiger partial charge in [-0.15, -0.1) is 11.8 Å². The Kier molecular flexibility index (Phi) is 3.47. The van der Waals surface area contributed by atoms with Gasteiger partial charge in [0.1, 0.15) is 5.25 Å². The summed E-state index contributed by atoms with van der Waals surface area (Å²) in [6.07, 6.45) is 1.61. The van der Waals surface area contributed by atoms with Gasteiger partial charge in [0.25, 0.3) is 0 Å². The summed E-state index contributed by atoms with van der Waals surface area (Å²) in [7, 11) is 3.40. The number of hydrogen-bond donors (Lipinski definition) is 2. The highest BCUT2D eigenvalue weighted by Gasteiger charge is 2.50. The van der Waals surface area contributed by atoms with Crippen molar-refractivity contribution in [2.75, 3.05) is 14.1 Å². The minimum Gasteiger partial charge on any atom is -0.393 e. The Morgan fingerprint density at radius 1 is 1.31 bits per heavy atom. The van der Waals surface area contributed by atoms with Crippen molar-refractivity contribution in [2.45, 2.75) is 42.0 Å². The van der Waals surface area contributed by atoms with Crippen LogP contribution in [0.25, 0.3) is 0 Å². The average molecular weight is 245 g/mol. The molecule has 1 heterocycles. The second kappa shape index (κ2) is 4.55. The van der Waals surface area contributed by atoms with E-state index in [0.717, 1.165) is 19.3 Å². The SMILES string of the molecule is CN(C)C(=O)C1SC2CCCC(O)C2C1O. The van der Waals surface area contributed by atoms with Crippen LogP contribution < -0.4 is 0 Å². The summed E-state index contributed by atoms with van der Waals surface area (Å²) in [6, 6.07) is 0. The highest BCUT2D eigenvalue weighted by molar-refractivity contribution is 8.01. The largest absolute Gasteiger partial charge is 0.393 e. The summed E-state index contributed by atoms with van der Waals surface area (Å²) >= 11 is 1.54. The molecule has 4 nitrogen and oxygen atoms in total. The van der Waals surface area contributed by atoms with Crippen molar-refractivity contribution < 1.29 is 15.0 Å². The third kappa shape index (κ3) is 1.96. The van der Waals surface area contributed by atoms with Crippen LogP contribution in [0.2, 0.25) is 0 Å². The Morgan fingerprint density at radius 3 is 2.56 bits per heavy atom. The number of nitrogens with zero attached hydrogens (tertiary/aromatic N) is 1. The monoisotopic (exact) mass is 245 g/mol. The number of thioether (sulfide) groups is 1. The number of aliphatic hydroxyl groups is 2. The van der Waals surface area contributed by atoms with Crippen molar-refractivity contribution in [1.82, 2.24) is 4.90 Å². The van der Waals surface area contributed by atoms with Crippen LogP contribution in [0.1, 0.15) is 19.3 Å². The first-order valence-corrected chi connectivity index (χ1v) is 6.69. The van der Waals surface area contributed by atoms with E-state index in [1.165, 1.54) is 4.90 Å². The van der Waals surface area contributed by atoms with Gasteiger partial charge in [0.05, 0.1) is 12.2 Å². The van der Waals surface area contributed by atoms with Gasteiger partial charge in [0, 0.05) is 25.3 Å². The molecule has 1 saturated carbocycles. The van der Waals surface area contributed by atoms with E-state index in [1.54, 1.807) is 25.9 Å². The van der Waals surface area contributed by atoms with Gasteiger partial charge < -0.3 is 15.1 Å². The number of carbonyl (C=O) groups is 1. The van der Waals surface area contributed by atoms with Gasteiger partial charge in [-0.25, -0.2) is 0 Å². The van der Waals surface area contributed by atoms with Gasteiger partial charge in [-0.05, 0) is 19.3 Å². The Bertz CT molecular complexity index is 284. The highest BCUT2D eigenvalue weighted by Crippen LogP contribution is 2.46. The molecule has 5 heteroatoms. The average Bonchev–Trinajstić information content (AvgIpc) is 2.56. The molecule has 1 saturated heterocycles. The molecule has 1 aliphatic heterocycles. The van der Waals surface area contributed by atoms with Crippen LogP contribution >= 0.6 is 11.8 Å². The maximum Gasteiger partial charge on any atom is 0.237 e. The summed E-state index contributed by atoms with van der Waals surface area (Å²) in [4.78, 5) is 13.4. The fraction of sp³-hybridized carbons (Fsp3) is 0.909. The summed E-state index contributed by atoms with van der Waals surface area (Å²) in [5.41, 5.74) is 0. The zero-order chi connectivity index (χ0) is 11.9. The van der Waals surface area contributed by atoms with Gasteiger partial charge >= 0.3 is 0 Å². The fourth-order valence-corrected chi connectivity index (χ4v) is 4.57. The topological polar surface area (TPSA) is 60.8 Å². The number of rotatable bonds is 1. The number of fused-ring (bicyclic) bond motifs is 1. The van der Waals surface area contributed by atoms with Crippen molar-refractivity contribution in [2.24, 2.45) is 5.92 Å². The van der Waals surface area contributed by atoms with Crippen molar-refractivity contribution in [3.05, 3.63) is 0 Å². The summed E-state index contributed by atoms with van der Waals surface area (Å²) in [5.74, 6) is -0.160. The van der Waals surface area contributed by atoms with Crippen molar-refractivity contribution in [3.8, 4) is 0 Å². The third-order valence-electron chi connectivity index (χ3n) is 3.57. The van der Waals surface area contributed by atoms with Crippen molar-refractivity contribution in [3.63, 3.8) is 0 Å². The molecule has 2 aliphatic rings. The predicted molar refractivity (Wildman–Crippen MR) is 63.2 cm³/mol. The molecule has 0 aromatic rings. The molecule has 0 spiro atoms. The third-order valence-corrected chi connectivity index (χ3v) is 5.25. The van der Waals surface area contributed by atoms with Crippen molar-refractivity contribution >= 4 is 17.7 Å². The second-order valence-electron chi connectivity index (χ2n) is 4.89. The van der Waals surface area contributed by atoms with E-state index < -0.39 is 17.5 Å². The molecule has 5 unspecified atom stereocenters. The van der Waals surface area contributed by atoms with E-state index in [9.17, 15) is 15.0 Å². The van der Waals surface area contributed by atoms with E-state index >= 15 is 0 Å². The predicted octanol–water partition coefficient (Wildman–Crippen LogP) is 0.0805. The normalized spacial score (nSPS) is 42.9. The van der Waals surface area contributed by atoms with Crippen LogP contribution in [0.5, 0.6) is 0 Å². The maximum atomic E-state index is 11.9. The Balaban J connectivity index is 2.12. The maximum absolute atomic E-state index is 11.9. The van der Waals surface area contributed by atoms with Crippen LogP contribution in [0.15, 0.2) is 0 Å². The zero-order valence-corrected chi connectivity index (χ0v) is 10.5. The van der Waals surface area contributed by atoms with Gasteiger partial charge in [0.2, 0.25) is 5.91 Å². The number of hydrogen-bond acceptors (Lipinski definition) is 4. The molecule has 0 aromatic heterocycles. The van der Waals surface area contributed by atoms with Crippen LogP contribution in [0.4, 0.5) is 0 Å². The highest BCUT2D eigenvalue weighted by atomic mass is 32.2. The van der Waals surface area contributed by atoms with Crippen molar-refractivity contribution in [1.29, 1.82) is 0 Å². The van der Waals surface area contributed by atoms with Gasteiger partial charge in [-0.2, -0.15) is 0 Å². The summed E-state index contributed by atoms with van der Waals surface area (Å²) < 4.78 is 0. The van der Waals surface area contributed by atoms with E-state index in [1.807, 2.05) is 0 Å². The molecule has 0 aromatic carbocycles. The Morgan fingerprint density at radius 2 is 2.00 bits per heavy atom. The van der Waals surface area contributed by atoms with Gasteiger partial charge in [-0.3, -0.25) is 4.79 Å². The van der Waals surface area contributed by atoms with Gasteiger partial charge in [-0.1, -0.05) is 0 Å². The Hall–Kier alpha value is -0.260. The summed E-state index contributed by atoms with van der Waals surface area (Å²) in [5, 5.41) is 19.9. The standard InChI is InChI=1S/C11H19NO3S/c1-12(2)11(15)10-9(14)8-6(13)4-3-5-7(8)16-10/h6-10,13-14H,3-5H2,1-2H3. The second-order valence-corrected chi connectivity index (χ2v) is 6.28. The molecule has 2 N–H and O–H groups in total. The lowest BCUT2D eigenvalue weighted by Crippen LogP contribution is -2.43. The molecule has 5 atom stereocenters. The first-order chi connectivity index (χ1) is 7.52. The minimum atomic E-state index is -0.694. The molecule has 0 radical (unpaired) electrons. The molecule has 16 heavy (non-hydrogen) atoms. The zero-order valence-electron chi connectivity index (χ0n) is 9.67. The van der Waals surface area contributed by atoms with Crippen LogP contribution in [0.3, 0.4) is 0 Å². The molecule has 0 bridgehead atoms. The number of carbonyl (C=O) groups excluding carboxylic acids is 1. The van der Waals surface area contributed by atoms with Crippen LogP contribution in [-0.2, 0) is 4.79 Å². The first kappa shape index (κ1) is 12.2. The summed E-state index contributed by atoms with van der Waals surface area (Å²) in [6.45, 7) is 0. The van der Waals surface area contributed by atoms with Gasteiger partial charge in [0.15, 0.2) is 0 Å².